The summed E-state index contributed by atoms with van der Waals surface area (Å²) in [6.45, 7) is 6.07. The van der Waals surface area contributed by atoms with Gasteiger partial charge in [0.05, 0.1) is 18.3 Å². The molecule has 0 spiro atoms. The minimum Gasteiger partial charge on any atom is -0.396 e. The molecular formula is C20H34O4. The van der Waals surface area contributed by atoms with Crippen LogP contribution in [0.15, 0.2) is 23.8 Å². The number of aliphatic hydroxyl groups excluding tert-OH is 3. The molecule has 0 saturated heterocycles. The van der Waals surface area contributed by atoms with Gasteiger partial charge in [0.2, 0.25) is 0 Å². The Labute approximate surface area is 145 Å². The van der Waals surface area contributed by atoms with Gasteiger partial charge in [0.25, 0.3) is 0 Å². The second-order valence-corrected chi connectivity index (χ2v) is 8.45. The molecule has 0 aromatic carbocycles. The van der Waals surface area contributed by atoms with Crippen molar-refractivity contribution in [2.24, 2.45) is 23.2 Å². The van der Waals surface area contributed by atoms with Gasteiger partial charge in [-0.25, -0.2) is 0 Å². The fourth-order valence-electron chi connectivity index (χ4n) is 4.71. The average Bonchev–Trinajstić information content (AvgIpc) is 2.61. The summed E-state index contributed by atoms with van der Waals surface area (Å²) in [6, 6.07) is 0. The summed E-state index contributed by atoms with van der Waals surface area (Å²) in [5, 5.41) is 41.6. The van der Waals surface area contributed by atoms with Crippen LogP contribution in [0.4, 0.5) is 0 Å². The molecule has 2 saturated carbocycles. The molecule has 0 aliphatic heterocycles. The summed E-state index contributed by atoms with van der Waals surface area (Å²) in [4.78, 5) is 0. The molecule has 4 heteroatoms. The van der Waals surface area contributed by atoms with E-state index in [2.05, 4.69) is 19.9 Å². The molecule has 2 fully saturated rings. The summed E-state index contributed by atoms with van der Waals surface area (Å²) >= 11 is 0. The molecule has 4 N–H and O–H groups in total. The second kappa shape index (κ2) is 7.69. The van der Waals surface area contributed by atoms with Gasteiger partial charge in [-0.3, -0.25) is 0 Å². The summed E-state index contributed by atoms with van der Waals surface area (Å²) in [5.74, 6) is 0.0769. The van der Waals surface area contributed by atoms with E-state index in [0.717, 1.165) is 18.4 Å². The zero-order valence-electron chi connectivity index (χ0n) is 15.3. The Kier molecular flexibility index (Phi) is 6.29. The molecule has 0 amide bonds. The Morgan fingerprint density at radius 1 is 1.21 bits per heavy atom. The number of allylic oxidation sites excluding steroid dienone is 3. The predicted octanol–water partition coefficient (Wildman–Crippen LogP) is 2.42. The number of rotatable bonds is 5. The number of aliphatic hydroxyl groups is 4. The van der Waals surface area contributed by atoms with Crippen LogP contribution in [-0.2, 0) is 0 Å². The lowest BCUT2D eigenvalue weighted by Gasteiger charge is -2.48. The van der Waals surface area contributed by atoms with Crippen molar-refractivity contribution in [3.8, 4) is 0 Å². The van der Waals surface area contributed by atoms with E-state index in [-0.39, 0.29) is 30.5 Å². The van der Waals surface area contributed by atoms with Crippen molar-refractivity contribution in [3.63, 3.8) is 0 Å². The molecule has 4 nitrogen and oxygen atoms in total. The monoisotopic (exact) mass is 338 g/mol. The van der Waals surface area contributed by atoms with E-state index in [9.17, 15) is 20.4 Å². The summed E-state index contributed by atoms with van der Waals surface area (Å²) in [7, 11) is 0. The van der Waals surface area contributed by atoms with E-state index >= 15 is 0 Å². The maximum atomic E-state index is 11.3. The lowest BCUT2D eigenvalue weighted by atomic mass is 9.63. The highest BCUT2D eigenvalue weighted by Crippen LogP contribution is 2.54. The lowest BCUT2D eigenvalue weighted by molar-refractivity contribution is -0.135. The third-order valence-corrected chi connectivity index (χ3v) is 6.23. The van der Waals surface area contributed by atoms with Crippen LogP contribution >= 0.6 is 0 Å². The first kappa shape index (κ1) is 19.6. The maximum absolute atomic E-state index is 11.3. The molecule has 2 rings (SSSR count). The number of hydrogen-bond acceptors (Lipinski definition) is 4. The summed E-state index contributed by atoms with van der Waals surface area (Å²) in [6.07, 6.45) is 8.72. The molecule has 0 aromatic rings. The number of hydrogen-bond donors (Lipinski definition) is 4. The van der Waals surface area contributed by atoms with Crippen molar-refractivity contribution in [1.82, 2.24) is 0 Å². The van der Waals surface area contributed by atoms with Crippen LogP contribution in [0.1, 0.15) is 52.9 Å². The largest absolute Gasteiger partial charge is 0.396 e. The SMILES string of the molecule is CC(C)/C=C/C=C(\CO)[C@H]1CC[C@@]2(C)C[C@](O)(CC[C@@H]2O)[C@@H]1CO. The average molecular weight is 338 g/mol. The highest BCUT2D eigenvalue weighted by molar-refractivity contribution is 5.20. The highest BCUT2D eigenvalue weighted by Gasteiger charge is 2.54. The van der Waals surface area contributed by atoms with Gasteiger partial charge in [0.15, 0.2) is 0 Å². The Morgan fingerprint density at radius 2 is 1.92 bits per heavy atom. The minimum absolute atomic E-state index is 0.0612. The summed E-state index contributed by atoms with van der Waals surface area (Å²) in [5.41, 5.74) is -0.423. The Balaban J connectivity index is 2.34. The first-order valence-electron chi connectivity index (χ1n) is 9.25. The summed E-state index contributed by atoms with van der Waals surface area (Å²) < 4.78 is 0. The number of fused-ring (bicyclic) bond motifs is 2. The standard InChI is InChI=1S/C20H34O4/c1-14(2)5-4-6-15(11-21)16-7-9-19(3)13-20(24,17(16)12-22)10-8-18(19)23/h4-6,14,16-18,21-24H,7-13H2,1-3H3/b5-4+,15-6+/t16-,17-,18+,19+,20-/m1/s1. The van der Waals surface area contributed by atoms with Crippen LogP contribution in [0.3, 0.4) is 0 Å². The smallest absolute Gasteiger partial charge is 0.0710 e. The first-order valence-corrected chi connectivity index (χ1v) is 9.25. The van der Waals surface area contributed by atoms with Crippen molar-refractivity contribution >= 4 is 0 Å². The van der Waals surface area contributed by atoms with Crippen molar-refractivity contribution in [1.29, 1.82) is 0 Å². The fraction of sp³-hybridized carbons (Fsp3) is 0.800. The maximum Gasteiger partial charge on any atom is 0.0710 e. The van der Waals surface area contributed by atoms with Gasteiger partial charge in [-0.2, -0.15) is 0 Å². The van der Waals surface area contributed by atoms with Gasteiger partial charge in [0, 0.05) is 12.5 Å². The molecule has 2 aliphatic rings. The molecule has 0 radical (unpaired) electrons. The zero-order valence-corrected chi connectivity index (χ0v) is 15.3. The topological polar surface area (TPSA) is 80.9 Å². The van der Waals surface area contributed by atoms with Crippen molar-refractivity contribution < 1.29 is 20.4 Å². The quantitative estimate of drug-likeness (QED) is 0.580. The van der Waals surface area contributed by atoms with E-state index in [1.807, 2.05) is 19.1 Å². The van der Waals surface area contributed by atoms with E-state index in [1.54, 1.807) is 0 Å². The van der Waals surface area contributed by atoms with E-state index in [1.165, 1.54) is 0 Å². The third-order valence-electron chi connectivity index (χ3n) is 6.23. The first-order chi connectivity index (χ1) is 11.3. The molecule has 24 heavy (non-hydrogen) atoms. The van der Waals surface area contributed by atoms with Crippen molar-refractivity contribution in [3.05, 3.63) is 23.8 Å². The highest BCUT2D eigenvalue weighted by atomic mass is 16.3. The molecule has 138 valence electrons. The van der Waals surface area contributed by atoms with Gasteiger partial charge in [-0.1, -0.05) is 39.0 Å². The van der Waals surface area contributed by atoms with Crippen molar-refractivity contribution in [2.45, 2.75) is 64.6 Å². The zero-order chi connectivity index (χ0) is 18.0. The normalized spacial score (nSPS) is 41.0. The second-order valence-electron chi connectivity index (χ2n) is 8.45. The van der Waals surface area contributed by atoms with Gasteiger partial charge in [0.1, 0.15) is 0 Å². The minimum atomic E-state index is -0.972. The van der Waals surface area contributed by atoms with Crippen LogP contribution in [-0.4, -0.2) is 45.3 Å². The van der Waals surface area contributed by atoms with Gasteiger partial charge >= 0.3 is 0 Å². The molecule has 5 atom stereocenters. The van der Waals surface area contributed by atoms with E-state index < -0.39 is 11.7 Å². The predicted molar refractivity (Wildman–Crippen MR) is 95.4 cm³/mol. The molecule has 0 aromatic heterocycles. The van der Waals surface area contributed by atoms with Gasteiger partial charge in [-0.05, 0) is 54.9 Å². The van der Waals surface area contributed by atoms with E-state index in [0.29, 0.717) is 25.2 Å². The molecule has 2 aliphatic carbocycles. The van der Waals surface area contributed by atoms with Crippen LogP contribution < -0.4 is 0 Å². The van der Waals surface area contributed by atoms with Gasteiger partial charge < -0.3 is 20.4 Å². The molecule has 0 unspecified atom stereocenters. The Bertz CT molecular complexity index is 484. The fourth-order valence-corrected chi connectivity index (χ4v) is 4.71. The van der Waals surface area contributed by atoms with Gasteiger partial charge in [-0.15, -0.1) is 0 Å². The van der Waals surface area contributed by atoms with Crippen LogP contribution in [0.5, 0.6) is 0 Å². The molecular weight excluding hydrogens is 304 g/mol. The lowest BCUT2D eigenvalue weighted by Crippen LogP contribution is -2.52. The van der Waals surface area contributed by atoms with E-state index in [4.69, 9.17) is 0 Å². The third kappa shape index (κ3) is 3.93. The Hall–Kier alpha value is -0.680. The molecule has 0 heterocycles. The molecule has 2 bridgehead atoms. The van der Waals surface area contributed by atoms with Crippen LogP contribution in [0.2, 0.25) is 0 Å². The van der Waals surface area contributed by atoms with Crippen LogP contribution in [0.25, 0.3) is 0 Å². The van der Waals surface area contributed by atoms with Crippen LogP contribution in [0, 0.1) is 23.2 Å². The Morgan fingerprint density at radius 3 is 2.50 bits per heavy atom. The van der Waals surface area contributed by atoms with Crippen molar-refractivity contribution in [2.75, 3.05) is 13.2 Å².